The molecule has 0 saturated heterocycles. The predicted molar refractivity (Wildman–Crippen MR) is 79.0 cm³/mol. The molecule has 0 atom stereocenters. The van der Waals surface area contributed by atoms with Crippen molar-refractivity contribution in [1.29, 1.82) is 0 Å². The van der Waals surface area contributed by atoms with Crippen LogP contribution < -0.4 is 0 Å². The molecule has 3 rings (SSSR count). The standard InChI is InChI=1S/C18H14O/c19-18-16(14-8-3-1-4-9-14)12-7-13-17(18)15-10-5-2-6-11-15/h1-13,19H/i1D. The summed E-state index contributed by atoms with van der Waals surface area (Å²) in [5.41, 5.74) is 3.50. The lowest BCUT2D eigenvalue weighted by atomic mass is 9.97. The number of para-hydroxylation sites is 1. The summed E-state index contributed by atoms with van der Waals surface area (Å²) in [4.78, 5) is 0. The van der Waals surface area contributed by atoms with E-state index in [1.165, 1.54) is 0 Å². The molecule has 1 nitrogen and oxygen atoms in total. The Labute approximate surface area is 114 Å². The van der Waals surface area contributed by atoms with Gasteiger partial charge >= 0.3 is 0 Å². The van der Waals surface area contributed by atoms with Crippen molar-refractivity contribution in [2.24, 2.45) is 0 Å². The van der Waals surface area contributed by atoms with Gasteiger partial charge < -0.3 is 5.11 Å². The van der Waals surface area contributed by atoms with E-state index >= 15 is 0 Å². The van der Waals surface area contributed by atoms with Gasteiger partial charge in [-0.15, -0.1) is 0 Å². The number of phenols is 1. The fourth-order valence-electron chi connectivity index (χ4n) is 2.19. The van der Waals surface area contributed by atoms with Crippen LogP contribution in [0.5, 0.6) is 5.75 Å². The van der Waals surface area contributed by atoms with Crippen LogP contribution in [0.1, 0.15) is 1.37 Å². The van der Waals surface area contributed by atoms with Crippen LogP contribution in [0.15, 0.2) is 78.8 Å². The zero-order chi connectivity index (χ0) is 13.9. The Kier molecular flexibility index (Phi) is 2.73. The highest BCUT2D eigenvalue weighted by Crippen LogP contribution is 2.37. The van der Waals surface area contributed by atoms with Gasteiger partial charge in [0.15, 0.2) is 0 Å². The second-order valence-electron chi connectivity index (χ2n) is 4.36. The predicted octanol–water partition coefficient (Wildman–Crippen LogP) is 4.73. The summed E-state index contributed by atoms with van der Waals surface area (Å²) in [7, 11) is 0. The Morgan fingerprint density at radius 3 is 1.74 bits per heavy atom. The molecular formula is C18H14O. The minimum Gasteiger partial charge on any atom is -0.507 e. The molecule has 19 heavy (non-hydrogen) atoms. The minimum absolute atomic E-state index is 0.274. The fourth-order valence-corrected chi connectivity index (χ4v) is 2.19. The maximum atomic E-state index is 10.5. The van der Waals surface area contributed by atoms with Crippen molar-refractivity contribution in [3.05, 3.63) is 78.8 Å². The summed E-state index contributed by atoms with van der Waals surface area (Å²) < 4.78 is 7.52. The molecule has 1 heteroatoms. The molecule has 0 heterocycles. The van der Waals surface area contributed by atoms with Crippen LogP contribution >= 0.6 is 0 Å². The monoisotopic (exact) mass is 247 g/mol. The fraction of sp³-hybridized carbons (Fsp3) is 0. The topological polar surface area (TPSA) is 20.2 Å². The smallest absolute Gasteiger partial charge is 0.131 e. The van der Waals surface area contributed by atoms with E-state index in [2.05, 4.69) is 0 Å². The van der Waals surface area contributed by atoms with Crippen molar-refractivity contribution < 1.29 is 6.48 Å². The molecule has 0 aliphatic carbocycles. The van der Waals surface area contributed by atoms with Crippen molar-refractivity contribution in [3.8, 4) is 28.0 Å². The first-order valence-corrected chi connectivity index (χ1v) is 6.20. The number of hydrogen-bond acceptors (Lipinski definition) is 1. The molecular weight excluding hydrogens is 232 g/mol. The number of hydrogen-bond donors (Lipinski definition) is 1. The summed E-state index contributed by atoms with van der Waals surface area (Å²) >= 11 is 0. The van der Waals surface area contributed by atoms with E-state index in [1.54, 1.807) is 12.1 Å². The first-order chi connectivity index (χ1) is 9.75. The minimum atomic E-state index is 0.274. The van der Waals surface area contributed by atoms with Gasteiger partial charge in [0.25, 0.3) is 0 Å². The van der Waals surface area contributed by atoms with Crippen LogP contribution in [-0.4, -0.2) is 5.11 Å². The van der Waals surface area contributed by atoms with E-state index in [4.69, 9.17) is 1.37 Å². The third-order valence-corrected chi connectivity index (χ3v) is 3.15. The van der Waals surface area contributed by atoms with Crippen LogP contribution in [0.4, 0.5) is 0 Å². The molecule has 0 aliphatic heterocycles. The molecule has 0 amide bonds. The van der Waals surface area contributed by atoms with Crippen LogP contribution in [-0.2, 0) is 0 Å². The molecule has 3 aromatic carbocycles. The summed E-state index contributed by atoms with van der Waals surface area (Å²) in [5.74, 6) is 0.274. The summed E-state index contributed by atoms with van der Waals surface area (Å²) in [6.07, 6.45) is 0. The molecule has 0 aromatic heterocycles. The highest BCUT2D eigenvalue weighted by atomic mass is 16.3. The van der Waals surface area contributed by atoms with E-state index < -0.39 is 0 Å². The lowest BCUT2D eigenvalue weighted by molar-refractivity contribution is 0.479. The number of aromatic hydroxyl groups is 1. The van der Waals surface area contributed by atoms with Crippen LogP contribution in [0.2, 0.25) is 0 Å². The largest absolute Gasteiger partial charge is 0.507 e. The van der Waals surface area contributed by atoms with Gasteiger partial charge in [-0.05, 0) is 11.1 Å². The van der Waals surface area contributed by atoms with Gasteiger partial charge in [-0.25, -0.2) is 0 Å². The van der Waals surface area contributed by atoms with Crippen molar-refractivity contribution in [2.75, 3.05) is 0 Å². The highest BCUT2D eigenvalue weighted by molar-refractivity contribution is 5.81. The second kappa shape index (κ2) is 4.99. The molecule has 0 spiro atoms. The second-order valence-corrected chi connectivity index (χ2v) is 4.36. The maximum absolute atomic E-state index is 10.5. The van der Waals surface area contributed by atoms with Crippen molar-refractivity contribution in [2.45, 2.75) is 0 Å². The Morgan fingerprint density at radius 1 is 0.632 bits per heavy atom. The lowest BCUT2D eigenvalue weighted by Gasteiger charge is -2.10. The van der Waals surface area contributed by atoms with Gasteiger partial charge in [0.05, 0.1) is 1.37 Å². The quantitative estimate of drug-likeness (QED) is 0.694. The maximum Gasteiger partial charge on any atom is 0.131 e. The number of benzene rings is 3. The van der Waals surface area contributed by atoms with Gasteiger partial charge in [-0.1, -0.05) is 78.8 Å². The van der Waals surface area contributed by atoms with Gasteiger partial charge in [0, 0.05) is 11.1 Å². The average Bonchev–Trinajstić information content (AvgIpc) is 2.49. The van der Waals surface area contributed by atoms with E-state index in [9.17, 15) is 5.11 Å². The lowest BCUT2D eigenvalue weighted by Crippen LogP contribution is -1.83. The van der Waals surface area contributed by atoms with E-state index in [-0.39, 0.29) is 5.75 Å². The first-order valence-electron chi connectivity index (χ1n) is 6.70. The van der Waals surface area contributed by atoms with Crippen molar-refractivity contribution >= 4 is 0 Å². The highest BCUT2D eigenvalue weighted by Gasteiger charge is 2.09. The van der Waals surface area contributed by atoms with Crippen LogP contribution in [0, 0.1) is 0 Å². The van der Waals surface area contributed by atoms with Gasteiger partial charge in [0.1, 0.15) is 5.75 Å². The third kappa shape index (κ3) is 2.23. The molecule has 3 aromatic rings. The normalized spacial score (nSPS) is 11.1. The molecule has 0 radical (unpaired) electrons. The van der Waals surface area contributed by atoms with E-state index in [1.807, 2.05) is 60.7 Å². The zero-order valence-corrected chi connectivity index (χ0v) is 10.4. The SMILES string of the molecule is [2H]c1ccc(-c2cccc(-c3ccccc3)c2O)cc1. The van der Waals surface area contributed by atoms with Crippen molar-refractivity contribution in [1.82, 2.24) is 0 Å². The van der Waals surface area contributed by atoms with Gasteiger partial charge in [-0.3, -0.25) is 0 Å². The van der Waals surface area contributed by atoms with E-state index in [0.29, 0.717) is 6.04 Å². The molecule has 92 valence electrons. The molecule has 0 unspecified atom stereocenters. The first kappa shape index (κ1) is 10.4. The van der Waals surface area contributed by atoms with Gasteiger partial charge in [-0.2, -0.15) is 0 Å². The Bertz CT molecular complexity index is 718. The van der Waals surface area contributed by atoms with Crippen LogP contribution in [0.25, 0.3) is 22.3 Å². The Hall–Kier alpha value is -2.54. The third-order valence-electron chi connectivity index (χ3n) is 3.15. The molecule has 0 bridgehead atoms. The Morgan fingerprint density at radius 2 is 1.16 bits per heavy atom. The average molecular weight is 247 g/mol. The van der Waals surface area contributed by atoms with Crippen LogP contribution in [0.3, 0.4) is 0 Å². The number of rotatable bonds is 2. The number of phenolic OH excluding ortho intramolecular Hbond substituents is 1. The van der Waals surface area contributed by atoms with Crippen molar-refractivity contribution in [3.63, 3.8) is 0 Å². The molecule has 0 fully saturated rings. The van der Waals surface area contributed by atoms with Gasteiger partial charge in [0.2, 0.25) is 0 Å². The van der Waals surface area contributed by atoms with E-state index in [0.717, 1.165) is 22.3 Å². The molecule has 1 N–H and O–H groups in total. The summed E-state index contributed by atoms with van der Waals surface area (Å²) in [6, 6.07) is 23.2. The Balaban J connectivity index is 2.13. The summed E-state index contributed by atoms with van der Waals surface area (Å²) in [5, 5.41) is 10.5. The zero-order valence-electron chi connectivity index (χ0n) is 11.4. The molecule has 0 aliphatic rings. The summed E-state index contributed by atoms with van der Waals surface area (Å²) in [6.45, 7) is 0. The molecule has 0 saturated carbocycles.